The Morgan fingerprint density at radius 2 is 2.09 bits per heavy atom. The smallest absolute Gasteiger partial charge is 0.222 e. The minimum absolute atomic E-state index is 0.141. The van der Waals surface area contributed by atoms with Gasteiger partial charge in [0.2, 0.25) is 5.91 Å². The molecule has 3 rings (SSSR count). The summed E-state index contributed by atoms with van der Waals surface area (Å²) in [5, 5.41) is 9.04. The van der Waals surface area contributed by atoms with Crippen LogP contribution in [0.4, 0.5) is 5.82 Å². The molecule has 1 aromatic rings. The van der Waals surface area contributed by atoms with Gasteiger partial charge in [-0.3, -0.25) is 9.78 Å². The number of anilines is 1. The van der Waals surface area contributed by atoms with Crippen LogP contribution in [0, 0.1) is 12.3 Å². The number of rotatable bonds is 4. The molecule has 0 bridgehead atoms. The van der Waals surface area contributed by atoms with Gasteiger partial charge in [-0.05, 0) is 32.6 Å². The van der Waals surface area contributed by atoms with Crippen LogP contribution in [0.25, 0.3) is 0 Å². The third-order valence-corrected chi connectivity index (χ3v) is 5.15. The number of likely N-dealkylation sites (tertiary alicyclic amines) is 1. The van der Waals surface area contributed by atoms with Gasteiger partial charge >= 0.3 is 0 Å². The van der Waals surface area contributed by atoms with Gasteiger partial charge in [0.15, 0.2) is 0 Å². The van der Waals surface area contributed by atoms with E-state index in [-0.39, 0.29) is 17.9 Å². The van der Waals surface area contributed by atoms with Crippen molar-refractivity contribution in [3.05, 3.63) is 18.1 Å². The Bertz CT molecular complexity index is 565. The normalized spacial score (nSPS) is 25.2. The summed E-state index contributed by atoms with van der Waals surface area (Å²) in [7, 11) is 0. The van der Waals surface area contributed by atoms with Crippen molar-refractivity contribution in [1.82, 2.24) is 14.9 Å². The monoisotopic (exact) mass is 318 g/mol. The Morgan fingerprint density at radius 1 is 1.26 bits per heavy atom. The number of aromatic nitrogens is 2. The Balaban J connectivity index is 1.74. The van der Waals surface area contributed by atoms with E-state index in [0.717, 1.165) is 50.4 Å². The van der Waals surface area contributed by atoms with Crippen molar-refractivity contribution >= 4 is 11.7 Å². The number of piperidine rings is 2. The molecule has 2 aliphatic rings. The summed E-state index contributed by atoms with van der Waals surface area (Å²) in [5.41, 5.74) is 1.12. The maximum Gasteiger partial charge on any atom is 0.222 e. The molecule has 1 amide bonds. The minimum atomic E-state index is 0.141. The Labute approximate surface area is 137 Å². The van der Waals surface area contributed by atoms with Crippen LogP contribution in [-0.2, 0) is 4.79 Å². The number of aryl methyl sites for hydroxylation is 1. The van der Waals surface area contributed by atoms with Crippen LogP contribution in [0.3, 0.4) is 0 Å². The molecule has 0 aliphatic carbocycles. The Morgan fingerprint density at radius 3 is 2.87 bits per heavy atom. The molecule has 23 heavy (non-hydrogen) atoms. The zero-order valence-electron chi connectivity index (χ0n) is 13.9. The summed E-state index contributed by atoms with van der Waals surface area (Å²) in [5.74, 6) is 1.21. The van der Waals surface area contributed by atoms with E-state index < -0.39 is 0 Å². The van der Waals surface area contributed by atoms with E-state index in [1.807, 2.05) is 11.8 Å². The van der Waals surface area contributed by atoms with Gasteiger partial charge in [-0.15, -0.1) is 0 Å². The maximum absolute atomic E-state index is 12.1. The first-order chi connectivity index (χ1) is 11.1. The van der Waals surface area contributed by atoms with E-state index >= 15 is 0 Å². The van der Waals surface area contributed by atoms with Crippen molar-refractivity contribution < 1.29 is 9.90 Å². The zero-order chi connectivity index (χ0) is 16.3. The fourth-order valence-electron chi connectivity index (χ4n) is 4.00. The quantitative estimate of drug-likeness (QED) is 0.908. The van der Waals surface area contributed by atoms with Crippen molar-refractivity contribution in [2.75, 3.05) is 37.7 Å². The van der Waals surface area contributed by atoms with Crippen LogP contribution < -0.4 is 4.90 Å². The Hall–Kier alpha value is -1.69. The average molecular weight is 318 g/mol. The molecule has 2 aliphatic heterocycles. The molecule has 0 radical (unpaired) electrons. The molecule has 6 heteroatoms. The lowest BCUT2D eigenvalue weighted by molar-refractivity contribution is -0.138. The van der Waals surface area contributed by atoms with E-state index in [1.54, 1.807) is 12.4 Å². The molecule has 6 nitrogen and oxygen atoms in total. The summed E-state index contributed by atoms with van der Waals surface area (Å²) < 4.78 is 0. The fourth-order valence-corrected chi connectivity index (χ4v) is 4.00. The maximum atomic E-state index is 12.1. The number of aliphatic hydroxyl groups is 1. The van der Waals surface area contributed by atoms with Gasteiger partial charge in [0, 0.05) is 57.0 Å². The number of hydrogen-bond donors (Lipinski definition) is 1. The standard InChI is InChI=1S/C17H26N4O2/c1-14-16(19-8-7-18-14)21-9-2-5-17(13-21)6-4-15(23)20(12-17)10-3-11-22/h7-8,22H,2-6,9-13H2,1H3/t17-/m0/s1. The van der Waals surface area contributed by atoms with E-state index in [0.29, 0.717) is 19.4 Å². The number of amides is 1. The molecule has 1 spiro atoms. The van der Waals surface area contributed by atoms with Crippen LogP contribution in [0.1, 0.15) is 37.8 Å². The molecule has 3 heterocycles. The largest absolute Gasteiger partial charge is 0.396 e. The summed E-state index contributed by atoms with van der Waals surface area (Å²) in [6, 6.07) is 0. The SMILES string of the molecule is Cc1nccnc1N1CCC[C@@]2(CCC(=O)N(CCCO)C2)C1. The van der Waals surface area contributed by atoms with Crippen molar-refractivity contribution in [2.24, 2.45) is 5.41 Å². The highest BCUT2D eigenvalue weighted by atomic mass is 16.3. The van der Waals surface area contributed by atoms with Crippen molar-refractivity contribution in [3.8, 4) is 0 Å². The molecular formula is C17H26N4O2. The minimum Gasteiger partial charge on any atom is -0.396 e. The van der Waals surface area contributed by atoms with Crippen LogP contribution in [0.15, 0.2) is 12.4 Å². The average Bonchev–Trinajstić information content (AvgIpc) is 2.56. The van der Waals surface area contributed by atoms with Gasteiger partial charge < -0.3 is 14.9 Å². The van der Waals surface area contributed by atoms with E-state index in [9.17, 15) is 4.79 Å². The predicted molar refractivity (Wildman–Crippen MR) is 88.2 cm³/mol. The fraction of sp³-hybridized carbons (Fsp3) is 0.706. The molecule has 2 fully saturated rings. The van der Waals surface area contributed by atoms with E-state index in [2.05, 4.69) is 14.9 Å². The molecule has 2 saturated heterocycles. The Kier molecular flexibility index (Phi) is 4.80. The number of carbonyl (C=O) groups is 1. The van der Waals surface area contributed by atoms with Crippen molar-refractivity contribution in [3.63, 3.8) is 0 Å². The number of carbonyl (C=O) groups excluding carboxylic acids is 1. The lowest BCUT2D eigenvalue weighted by atomic mass is 9.73. The third-order valence-electron chi connectivity index (χ3n) is 5.15. The summed E-state index contributed by atoms with van der Waals surface area (Å²) >= 11 is 0. The third kappa shape index (κ3) is 3.47. The second kappa shape index (κ2) is 6.83. The predicted octanol–water partition coefficient (Wildman–Crippen LogP) is 1.38. The number of aliphatic hydroxyl groups excluding tert-OH is 1. The summed E-state index contributed by atoms with van der Waals surface area (Å²) in [4.78, 5) is 25.3. The van der Waals surface area contributed by atoms with Crippen LogP contribution in [-0.4, -0.2) is 58.7 Å². The number of nitrogens with zero attached hydrogens (tertiary/aromatic N) is 4. The van der Waals surface area contributed by atoms with Gasteiger partial charge in [-0.2, -0.15) is 0 Å². The van der Waals surface area contributed by atoms with E-state index in [1.165, 1.54) is 0 Å². The highest BCUT2D eigenvalue weighted by molar-refractivity contribution is 5.77. The first kappa shape index (κ1) is 16.2. The summed E-state index contributed by atoms with van der Waals surface area (Å²) in [6.07, 6.45) is 8.00. The molecule has 1 N–H and O–H groups in total. The van der Waals surface area contributed by atoms with Crippen LogP contribution in [0.2, 0.25) is 0 Å². The molecule has 0 unspecified atom stereocenters. The van der Waals surface area contributed by atoms with Gasteiger partial charge in [0.25, 0.3) is 0 Å². The van der Waals surface area contributed by atoms with Crippen molar-refractivity contribution in [1.29, 1.82) is 0 Å². The van der Waals surface area contributed by atoms with Crippen LogP contribution >= 0.6 is 0 Å². The van der Waals surface area contributed by atoms with Gasteiger partial charge in [-0.25, -0.2) is 4.98 Å². The lowest BCUT2D eigenvalue weighted by Gasteiger charge is -2.48. The molecule has 0 saturated carbocycles. The topological polar surface area (TPSA) is 69.6 Å². The van der Waals surface area contributed by atoms with Gasteiger partial charge in [0.1, 0.15) is 5.82 Å². The molecular weight excluding hydrogens is 292 g/mol. The highest BCUT2D eigenvalue weighted by Gasteiger charge is 2.42. The zero-order valence-corrected chi connectivity index (χ0v) is 13.9. The van der Waals surface area contributed by atoms with Gasteiger partial charge in [-0.1, -0.05) is 0 Å². The van der Waals surface area contributed by atoms with Gasteiger partial charge in [0.05, 0.1) is 5.69 Å². The van der Waals surface area contributed by atoms with Crippen molar-refractivity contribution in [2.45, 2.75) is 39.0 Å². The molecule has 0 aromatic carbocycles. The first-order valence-electron chi connectivity index (χ1n) is 8.55. The molecule has 1 aromatic heterocycles. The van der Waals surface area contributed by atoms with Crippen LogP contribution in [0.5, 0.6) is 0 Å². The molecule has 1 atom stereocenters. The molecule has 126 valence electrons. The lowest BCUT2D eigenvalue weighted by Crippen LogP contribution is -2.54. The number of hydrogen-bond acceptors (Lipinski definition) is 5. The van der Waals surface area contributed by atoms with E-state index in [4.69, 9.17) is 5.11 Å². The second-order valence-corrected chi connectivity index (χ2v) is 6.88. The summed E-state index contributed by atoms with van der Waals surface area (Å²) in [6.45, 7) is 5.56. The first-order valence-corrected chi connectivity index (χ1v) is 8.55. The highest BCUT2D eigenvalue weighted by Crippen LogP contribution is 2.40. The second-order valence-electron chi connectivity index (χ2n) is 6.88.